The van der Waals surface area contributed by atoms with E-state index in [0.29, 0.717) is 0 Å². The van der Waals surface area contributed by atoms with Gasteiger partial charge in [-0.1, -0.05) is 159 Å². The van der Waals surface area contributed by atoms with E-state index in [4.69, 9.17) is 4.42 Å². The van der Waals surface area contributed by atoms with Crippen LogP contribution in [0.4, 0.5) is 0 Å². The van der Waals surface area contributed by atoms with E-state index in [1.54, 1.807) is 0 Å². The summed E-state index contributed by atoms with van der Waals surface area (Å²) in [6, 6.07) is 63.3. The predicted octanol–water partition coefficient (Wildman–Crippen LogP) is 13.0. The smallest absolute Gasteiger partial charge is 0.121 e. The molecule has 0 amide bonds. The van der Waals surface area contributed by atoms with E-state index in [1.165, 1.54) is 33.0 Å². The summed E-state index contributed by atoms with van der Waals surface area (Å²) in [4.78, 5) is 9.33. The SMILES string of the molecule is CC(c1ccccc1)c1ccnc(-c2[c-]ccc3c2oc2cc(-c4ccccc4)ccc23)c1.C[Si](C)(C)c1ccc(-c2[c-]ccc(-c3ccccc3)c2)nc1.[Ir]. The third kappa shape index (κ3) is 8.41. The van der Waals surface area contributed by atoms with E-state index < -0.39 is 8.07 Å². The summed E-state index contributed by atoms with van der Waals surface area (Å²) >= 11 is 0. The maximum atomic E-state index is 6.41. The Kier molecular flexibility index (Phi) is 11.7. The third-order valence-electron chi connectivity index (χ3n) is 10.2. The Bertz CT molecular complexity index is 2690. The van der Waals surface area contributed by atoms with E-state index in [-0.39, 0.29) is 26.0 Å². The average Bonchev–Trinajstić information content (AvgIpc) is 3.63. The fraction of sp³-hybridized carbons (Fsp3) is 0.0980. The van der Waals surface area contributed by atoms with Crippen molar-refractivity contribution >= 4 is 35.2 Å². The second-order valence-electron chi connectivity index (χ2n) is 14.9. The molecule has 0 bridgehead atoms. The number of hydrogen-bond donors (Lipinski definition) is 0. The Hall–Kier alpha value is -5.71. The van der Waals surface area contributed by atoms with Gasteiger partial charge >= 0.3 is 0 Å². The molecule has 3 nitrogen and oxygen atoms in total. The number of benzene rings is 6. The van der Waals surface area contributed by atoms with Gasteiger partial charge in [-0.25, -0.2) is 0 Å². The molecular weight excluding hydrogens is 877 g/mol. The molecule has 9 rings (SSSR count). The van der Waals surface area contributed by atoms with Crippen LogP contribution in [0.25, 0.3) is 66.7 Å². The Morgan fingerprint density at radius 1 is 0.554 bits per heavy atom. The zero-order valence-electron chi connectivity index (χ0n) is 32.0. The molecule has 0 saturated carbocycles. The van der Waals surface area contributed by atoms with Crippen molar-refractivity contribution in [3.8, 4) is 44.8 Å². The predicted molar refractivity (Wildman–Crippen MR) is 232 cm³/mol. The largest absolute Gasteiger partial charge is 0.501 e. The van der Waals surface area contributed by atoms with Crippen LogP contribution in [0.15, 0.2) is 181 Å². The number of aromatic nitrogens is 2. The summed E-state index contributed by atoms with van der Waals surface area (Å²) in [5, 5.41) is 3.57. The van der Waals surface area contributed by atoms with Crippen molar-refractivity contribution in [1.29, 1.82) is 0 Å². The molecule has 9 aromatic rings. The second kappa shape index (κ2) is 17.0. The minimum absolute atomic E-state index is 0. The molecule has 0 N–H and O–H groups in total. The number of furan rings is 1. The quantitative estimate of drug-likeness (QED) is 0.118. The van der Waals surface area contributed by atoms with Gasteiger partial charge < -0.3 is 14.4 Å². The van der Waals surface area contributed by atoms with Gasteiger partial charge in [0.15, 0.2) is 0 Å². The van der Waals surface area contributed by atoms with Gasteiger partial charge in [0, 0.05) is 43.8 Å². The molecule has 6 aromatic carbocycles. The molecule has 1 atom stereocenters. The molecular formula is C51H42IrN2OSi-2. The number of rotatable bonds is 7. The molecule has 1 unspecified atom stereocenters. The normalized spacial score (nSPS) is 11.7. The second-order valence-corrected chi connectivity index (χ2v) is 20.0. The van der Waals surface area contributed by atoms with Gasteiger partial charge in [-0.3, -0.25) is 0 Å². The molecule has 0 aliphatic carbocycles. The summed E-state index contributed by atoms with van der Waals surface area (Å²) in [7, 11) is -1.29. The Morgan fingerprint density at radius 3 is 1.88 bits per heavy atom. The summed E-state index contributed by atoms with van der Waals surface area (Å²) in [6.45, 7) is 9.24. The first-order valence-corrected chi connectivity index (χ1v) is 22.3. The van der Waals surface area contributed by atoms with E-state index in [1.807, 2.05) is 36.7 Å². The van der Waals surface area contributed by atoms with Gasteiger partial charge in [-0.05, 0) is 56.5 Å². The summed E-state index contributed by atoms with van der Waals surface area (Å²) in [5.74, 6) is 0.274. The van der Waals surface area contributed by atoms with E-state index >= 15 is 0 Å². The molecule has 56 heavy (non-hydrogen) atoms. The van der Waals surface area contributed by atoms with Crippen molar-refractivity contribution in [1.82, 2.24) is 9.97 Å². The molecule has 0 fully saturated rings. The van der Waals surface area contributed by atoms with Gasteiger partial charge in [-0.2, -0.15) is 0 Å². The van der Waals surface area contributed by atoms with Crippen molar-refractivity contribution in [2.24, 2.45) is 0 Å². The van der Waals surface area contributed by atoms with Gasteiger partial charge in [0.05, 0.1) is 13.7 Å². The van der Waals surface area contributed by atoms with Crippen LogP contribution in [-0.2, 0) is 20.1 Å². The maximum absolute atomic E-state index is 6.41. The zero-order chi connectivity index (χ0) is 37.8. The number of hydrogen-bond acceptors (Lipinski definition) is 3. The van der Waals surface area contributed by atoms with Crippen molar-refractivity contribution in [3.63, 3.8) is 0 Å². The molecule has 277 valence electrons. The standard InChI is InChI=1S/C31H22NO.C20H20NSi.Ir/c1-21(22-9-4-2-5-10-22)24-17-18-32-29(19-24)28-14-8-13-27-26-16-15-25(20-30(26)33-31(27)28)23-11-6-3-7-12-23;1-22(2,3)19-12-13-20(21-15-19)18-11-7-10-17(14-18)16-8-5-4-6-9-16;/h2-13,15-21H,1H3;4-10,12-15H,1-3H3;/q2*-1;. The summed E-state index contributed by atoms with van der Waals surface area (Å²) in [5.41, 5.74) is 12.8. The third-order valence-corrected chi connectivity index (χ3v) is 12.2. The minimum atomic E-state index is -1.29. The van der Waals surface area contributed by atoms with Crippen LogP contribution < -0.4 is 5.19 Å². The van der Waals surface area contributed by atoms with E-state index in [9.17, 15) is 0 Å². The van der Waals surface area contributed by atoms with Gasteiger partial charge in [0.1, 0.15) is 5.58 Å². The minimum Gasteiger partial charge on any atom is -0.501 e. The summed E-state index contributed by atoms with van der Waals surface area (Å²) < 4.78 is 6.41. The monoisotopic (exact) mass is 919 g/mol. The van der Waals surface area contributed by atoms with Crippen molar-refractivity contribution < 1.29 is 24.5 Å². The van der Waals surface area contributed by atoms with E-state index in [2.05, 4.69) is 188 Å². The molecule has 1 radical (unpaired) electrons. The topological polar surface area (TPSA) is 38.9 Å². The Labute approximate surface area is 344 Å². The summed E-state index contributed by atoms with van der Waals surface area (Å²) in [6.07, 6.45) is 3.91. The van der Waals surface area contributed by atoms with Gasteiger partial charge in [0.2, 0.25) is 0 Å². The first kappa shape index (κ1) is 38.6. The van der Waals surface area contributed by atoms with Crippen LogP contribution in [0.5, 0.6) is 0 Å². The maximum Gasteiger partial charge on any atom is 0.121 e. The fourth-order valence-corrected chi connectivity index (χ4v) is 7.99. The van der Waals surface area contributed by atoms with E-state index in [0.717, 1.165) is 50.0 Å². The Morgan fingerprint density at radius 2 is 1.21 bits per heavy atom. The van der Waals surface area contributed by atoms with Gasteiger partial charge in [-0.15, -0.1) is 53.6 Å². The van der Waals surface area contributed by atoms with Crippen molar-refractivity contribution in [2.75, 3.05) is 0 Å². The molecule has 3 aromatic heterocycles. The van der Waals surface area contributed by atoms with Crippen LogP contribution in [0.3, 0.4) is 0 Å². The Balaban J connectivity index is 0.000000183. The molecule has 0 aliphatic heterocycles. The van der Waals surface area contributed by atoms with Gasteiger partial charge in [0.25, 0.3) is 0 Å². The first-order chi connectivity index (χ1) is 26.8. The average molecular weight is 919 g/mol. The molecule has 3 heterocycles. The molecule has 0 saturated heterocycles. The zero-order valence-corrected chi connectivity index (χ0v) is 35.4. The van der Waals surface area contributed by atoms with Crippen LogP contribution >= 0.6 is 0 Å². The fourth-order valence-electron chi connectivity index (χ4n) is 6.95. The van der Waals surface area contributed by atoms with Crippen molar-refractivity contribution in [2.45, 2.75) is 32.5 Å². The van der Waals surface area contributed by atoms with Crippen LogP contribution in [0.2, 0.25) is 19.6 Å². The molecule has 0 aliphatic rings. The number of nitrogens with zero attached hydrogens (tertiary/aromatic N) is 2. The first-order valence-electron chi connectivity index (χ1n) is 18.8. The number of pyridine rings is 2. The van der Waals surface area contributed by atoms with Crippen LogP contribution in [0, 0.1) is 12.1 Å². The number of fused-ring (bicyclic) bond motifs is 3. The van der Waals surface area contributed by atoms with Crippen LogP contribution in [-0.4, -0.2) is 18.0 Å². The van der Waals surface area contributed by atoms with Crippen LogP contribution in [0.1, 0.15) is 24.0 Å². The molecule has 0 spiro atoms. The molecule has 5 heteroatoms. The van der Waals surface area contributed by atoms with Crippen molar-refractivity contribution in [3.05, 3.63) is 199 Å².